The molecule has 2 aromatic carbocycles. The molecule has 2 fully saturated rings. The minimum Gasteiger partial charge on any atom is -0.478 e. The quantitative estimate of drug-likeness (QED) is 0.0425. The van der Waals surface area contributed by atoms with E-state index in [1.807, 2.05) is 20.8 Å². The summed E-state index contributed by atoms with van der Waals surface area (Å²) < 4.78 is 36.4. The van der Waals surface area contributed by atoms with Crippen LogP contribution in [0, 0.1) is 0 Å². The molecule has 4 atom stereocenters. The average molecular weight is 861 g/mol. The second-order valence-electron chi connectivity index (χ2n) is 14.2. The Morgan fingerprint density at radius 1 is 0.780 bits per heavy atom. The summed E-state index contributed by atoms with van der Waals surface area (Å²) in [7, 11) is 2.65. The zero-order valence-electron chi connectivity index (χ0n) is 34.2. The Morgan fingerprint density at radius 3 is 1.71 bits per heavy atom. The molecule has 0 radical (unpaired) electrons. The first-order valence-electron chi connectivity index (χ1n) is 18.9. The standard InChI is InChI=1S/C23H32N2O7S.C18H24N2O5S/c1-6-10-30-21(27)25-14-19(33-22(28)32-23(2,3)4)12-17(25)13-24-15-31-18-9-7-8-16(11-18)20(26)29-5;1-3-7-24-18(22)20-11-16(26)9-14(20)10-19-12-25-15-6-4-5-13(8-15)17(21)23-2/h6-9,11,17,19,24H,1,10,12-15H2,2-5H3;3-6,8,14,16,19,26H,1,7,9-12H2,2H3/t17-,19-;14-,16-/m00/s1. The molecule has 0 bridgehead atoms. The molecule has 2 aromatic rings. The van der Waals surface area contributed by atoms with Crippen LogP contribution in [0.4, 0.5) is 14.4 Å². The molecular weight excluding hydrogens is 805 g/mol. The number of likely N-dealkylation sites (tertiary alicyclic amines) is 2. The van der Waals surface area contributed by atoms with Gasteiger partial charge in [0.25, 0.3) is 0 Å². The Bertz CT molecular complexity index is 1720. The van der Waals surface area contributed by atoms with Gasteiger partial charge in [0.1, 0.15) is 43.8 Å². The second kappa shape index (κ2) is 24.9. The van der Waals surface area contributed by atoms with Gasteiger partial charge < -0.3 is 43.0 Å². The number of hydrogen-bond acceptors (Lipinski definition) is 16. The number of carbonyl (C=O) groups excluding carboxylic acids is 5. The molecule has 59 heavy (non-hydrogen) atoms. The second-order valence-corrected chi connectivity index (χ2v) is 16.2. The molecule has 4 rings (SSSR count). The molecule has 0 aromatic heterocycles. The summed E-state index contributed by atoms with van der Waals surface area (Å²) in [5, 5.41) is 5.96. The molecular formula is C41H56N4O12S2. The molecule has 2 aliphatic rings. The van der Waals surface area contributed by atoms with Gasteiger partial charge in [-0.25, -0.2) is 24.0 Å². The lowest BCUT2D eigenvalue weighted by Crippen LogP contribution is -2.42. The molecule has 2 heterocycles. The van der Waals surface area contributed by atoms with Gasteiger partial charge in [-0.3, -0.25) is 10.6 Å². The summed E-state index contributed by atoms with van der Waals surface area (Å²) in [4.78, 5) is 63.2. The summed E-state index contributed by atoms with van der Waals surface area (Å²) >= 11 is 5.56. The minimum absolute atomic E-state index is 0.0141. The fraction of sp³-hybridized carbons (Fsp3) is 0.488. The van der Waals surface area contributed by atoms with E-state index in [0.29, 0.717) is 55.2 Å². The van der Waals surface area contributed by atoms with Gasteiger partial charge in [-0.1, -0.05) is 37.4 Å². The molecule has 0 spiro atoms. The van der Waals surface area contributed by atoms with Crippen molar-refractivity contribution >= 4 is 53.8 Å². The van der Waals surface area contributed by atoms with Crippen LogP contribution in [-0.2, 0) is 23.7 Å². The van der Waals surface area contributed by atoms with Crippen LogP contribution in [0.15, 0.2) is 73.8 Å². The number of methoxy groups -OCH3 is 2. The van der Waals surface area contributed by atoms with Crippen LogP contribution in [0.3, 0.4) is 0 Å². The Kier molecular flexibility index (Phi) is 20.4. The van der Waals surface area contributed by atoms with Crippen LogP contribution >= 0.6 is 24.4 Å². The van der Waals surface area contributed by atoms with Crippen molar-refractivity contribution in [1.29, 1.82) is 0 Å². The first-order chi connectivity index (χ1) is 28.2. The van der Waals surface area contributed by atoms with Crippen molar-refractivity contribution in [3.63, 3.8) is 0 Å². The monoisotopic (exact) mass is 860 g/mol. The van der Waals surface area contributed by atoms with Crippen LogP contribution in [0.1, 0.15) is 54.3 Å². The van der Waals surface area contributed by atoms with Gasteiger partial charge in [-0.05, 0) is 81.8 Å². The molecule has 2 amide bonds. The summed E-state index contributed by atoms with van der Waals surface area (Å²) in [6.07, 6.45) is 3.59. The van der Waals surface area contributed by atoms with Crippen molar-refractivity contribution in [1.82, 2.24) is 20.4 Å². The summed E-state index contributed by atoms with van der Waals surface area (Å²) in [5.41, 5.74) is 0.244. The number of nitrogens with zero attached hydrogens (tertiary/aromatic N) is 2. The fourth-order valence-corrected chi connectivity index (χ4v) is 7.45. The topological polar surface area (TPSA) is 180 Å². The van der Waals surface area contributed by atoms with E-state index >= 15 is 0 Å². The Balaban J connectivity index is 0.000000324. The predicted octanol–water partition coefficient (Wildman–Crippen LogP) is 5.93. The van der Waals surface area contributed by atoms with Crippen molar-refractivity contribution in [2.45, 2.75) is 61.8 Å². The number of ether oxygens (including phenoxy) is 7. The van der Waals surface area contributed by atoms with Gasteiger partial charge in [-0.15, -0.1) is 0 Å². The van der Waals surface area contributed by atoms with Crippen molar-refractivity contribution in [2.75, 3.05) is 67.1 Å². The van der Waals surface area contributed by atoms with E-state index in [1.54, 1.807) is 58.3 Å². The van der Waals surface area contributed by atoms with Crippen LogP contribution in [-0.4, -0.2) is 134 Å². The van der Waals surface area contributed by atoms with Gasteiger partial charge in [0.2, 0.25) is 0 Å². The number of benzene rings is 2. The highest BCUT2D eigenvalue weighted by Gasteiger charge is 2.38. The van der Waals surface area contributed by atoms with Gasteiger partial charge in [0, 0.05) is 48.8 Å². The van der Waals surface area contributed by atoms with Gasteiger partial charge in [0.05, 0.1) is 25.3 Å². The van der Waals surface area contributed by atoms with Gasteiger partial charge >= 0.3 is 29.4 Å². The summed E-state index contributed by atoms with van der Waals surface area (Å²) in [6.45, 7) is 15.1. The van der Waals surface area contributed by atoms with Gasteiger partial charge in [0.15, 0.2) is 0 Å². The lowest BCUT2D eigenvalue weighted by atomic mass is 10.2. The zero-order chi connectivity index (χ0) is 43.4. The maximum Gasteiger partial charge on any atom is 0.410 e. The average Bonchev–Trinajstić information content (AvgIpc) is 3.80. The summed E-state index contributed by atoms with van der Waals surface area (Å²) in [6, 6.07) is 13.2. The molecule has 0 unspecified atom stereocenters. The molecule has 2 saturated heterocycles. The molecule has 2 N–H and O–H groups in total. The maximum absolute atomic E-state index is 12.5. The number of hydrogen-bond donors (Lipinski definition) is 3. The van der Waals surface area contributed by atoms with E-state index in [9.17, 15) is 24.0 Å². The van der Waals surface area contributed by atoms with E-state index in [4.69, 9.17) is 28.4 Å². The first kappa shape index (κ1) is 48.5. The SMILES string of the molecule is C=CCOC(=O)N1C[C@@H](S)C[C@H]1CNCOc1cccc(C(=O)OC)c1.C=CCOC(=O)N1C[C@@H](SC(=O)OC(C)(C)C)C[C@H]1CNCOc1cccc(C(=O)OC)c1. The zero-order valence-corrected chi connectivity index (χ0v) is 35.9. The Labute approximate surface area is 355 Å². The minimum atomic E-state index is -0.575. The molecule has 16 nitrogen and oxygen atoms in total. The van der Waals surface area contributed by atoms with Gasteiger partial charge in [-0.2, -0.15) is 12.6 Å². The molecule has 0 aliphatic carbocycles. The fourth-order valence-electron chi connectivity index (χ4n) is 5.90. The predicted molar refractivity (Wildman–Crippen MR) is 226 cm³/mol. The van der Waals surface area contributed by atoms with Crippen molar-refractivity contribution < 1.29 is 57.1 Å². The highest BCUT2D eigenvalue weighted by molar-refractivity contribution is 8.13. The largest absolute Gasteiger partial charge is 0.478 e. The van der Waals surface area contributed by atoms with Crippen molar-refractivity contribution in [2.24, 2.45) is 0 Å². The normalized spacial score (nSPS) is 18.4. The maximum atomic E-state index is 12.5. The number of thioether (sulfide) groups is 1. The molecule has 324 valence electrons. The number of nitrogens with one attached hydrogen (secondary N) is 2. The van der Waals surface area contributed by atoms with E-state index < -0.39 is 23.6 Å². The van der Waals surface area contributed by atoms with Crippen LogP contribution in [0.2, 0.25) is 0 Å². The van der Waals surface area contributed by atoms with E-state index in [-0.39, 0.29) is 60.7 Å². The highest BCUT2D eigenvalue weighted by atomic mass is 32.2. The molecule has 0 saturated carbocycles. The smallest absolute Gasteiger partial charge is 0.410 e. The highest BCUT2D eigenvalue weighted by Crippen LogP contribution is 2.30. The number of thiol groups is 1. The summed E-state index contributed by atoms with van der Waals surface area (Å²) in [5.74, 6) is 0.211. The number of rotatable bonds is 17. The van der Waals surface area contributed by atoms with E-state index in [2.05, 4.69) is 41.2 Å². The molecule has 2 aliphatic heterocycles. The number of esters is 2. The van der Waals surface area contributed by atoms with Crippen molar-refractivity contribution in [3.8, 4) is 11.5 Å². The third-order valence-electron chi connectivity index (χ3n) is 8.49. The Morgan fingerprint density at radius 2 is 1.25 bits per heavy atom. The molecule has 18 heteroatoms. The first-order valence-corrected chi connectivity index (χ1v) is 20.3. The van der Waals surface area contributed by atoms with Crippen LogP contribution < -0.4 is 20.1 Å². The third kappa shape index (κ3) is 17.1. The lowest BCUT2D eigenvalue weighted by Gasteiger charge is -2.24. The van der Waals surface area contributed by atoms with E-state index in [1.165, 1.54) is 26.4 Å². The Hall–Kier alpha value is -4.91. The lowest BCUT2D eigenvalue weighted by molar-refractivity contribution is 0.0591. The van der Waals surface area contributed by atoms with Crippen LogP contribution in [0.25, 0.3) is 0 Å². The number of amides is 2. The number of carbonyl (C=O) groups is 5. The van der Waals surface area contributed by atoms with Crippen LogP contribution in [0.5, 0.6) is 11.5 Å². The van der Waals surface area contributed by atoms with E-state index in [0.717, 1.165) is 18.2 Å². The third-order valence-corrected chi connectivity index (χ3v) is 9.82. The van der Waals surface area contributed by atoms with Crippen molar-refractivity contribution in [3.05, 3.63) is 85.0 Å².